The minimum Gasteiger partial charge on any atom is -0.493 e. The van der Waals surface area contributed by atoms with Crippen LogP contribution >= 0.6 is 24.0 Å². The number of methoxy groups -OCH3 is 1. The zero-order valence-electron chi connectivity index (χ0n) is 18.2. The van der Waals surface area contributed by atoms with Crippen molar-refractivity contribution in [1.29, 1.82) is 0 Å². The van der Waals surface area contributed by atoms with E-state index in [0.29, 0.717) is 38.7 Å². The number of guanidine groups is 1. The number of hydrogen-bond acceptors (Lipinski definition) is 4. The zero-order chi connectivity index (χ0) is 21.4. The van der Waals surface area contributed by atoms with Crippen LogP contribution in [0.2, 0.25) is 0 Å². The fourth-order valence-corrected chi connectivity index (χ4v) is 2.65. The van der Waals surface area contributed by atoms with Gasteiger partial charge in [0.2, 0.25) is 5.91 Å². The molecule has 31 heavy (non-hydrogen) atoms. The molecule has 0 spiro atoms. The van der Waals surface area contributed by atoms with Crippen LogP contribution in [0.4, 0.5) is 5.69 Å². The van der Waals surface area contributed by atoms with E-state index in [2.05, 4.69) is 20.9 Å². The van der Waals surface area contributed by atoms with Crippen molar-refractivity contribution in [1.82, 2.24) is 10.6 Å². The number of halogens is 1. The molecule has 3 N–H and O–H groups in total. The predicted molar refractivity (Wildman–Crippen MR) is 136 cm³/mol. The SMILES string of the molecule is CCNC(=NCCC(=O)NCc1ccccc1)Nc1cccc(OCCCOC)c1.I. The molecule has 7 nitrogen and oxygen atoms in total. The maximum atomic E-state index is 12.1. The van der Waals surface area contributed by atoms with E-state index >= 15 is 0 Å². The molecule has 0 saturated heterocycles. The summed E-state index contributed by atoms with van der Waals surface area (Å²) in [4.78, 5) is 16.6. The number of carbonyl (C=O) groups is 1. The average Bonchev–Trinajstić information content (AvgIpc) is 2.76. The number of nitrogens with one attached hydrogen (secondary N) is 3. The molecular formula is C23H33IN4O3. The first kappa shape index (κ1) is 26.7. The number of benzene rings is 2. The number of anilines is 1. The Bertz CT molecular complexity index is 787. The summed E-state index contributed by atoms with van der Waals surface area (Å²) < 4.78 is 10.8. The largest absolute Gasteiger partial charge is 0.493 e. The van der Waals surface area contributed by atoms with Crippen molar-refractivity contribution in [3.05, 3.63) is 60.2 Å². The van der Waals surface area contributed by atoms with Crippen molar-refractivity contribution < 1.29 is 14.3 Å². The Morgan fingerprint density at radius 1 is 1.03 bits per heavy atom. The van der Waals surface area contributed by atoms with E-state index in [1.165, 1.54) is 0 Å². The van der Waals surface area contributed by atoms with E-state index in [1.54, 1.807) is 7.11 Å². The Balaban J connectivity index is 0.00000480. The highest BCUT2D eigenvalue weighted by Crippen LogP contribution is 2.17. The van der Waals surface area contributed by atoms with Crippen molar-refractivity contribution in [2.75, 3.05) is 38.7 Å². The van der Waals surface area contributed by atoms with Gasteiger partial charge in [0.25, 0.3) is 0 Å². The number of aliphatic imine (C=N–C) groups is 1. The molecule has 2 aromatic rings. The number of rotatable bonds is 12. The lowest BCUT2D eigenvalue weighted by molar-refractivity contribution is -0.121. The predicted octanol–water partition coefficient (Wildman–Crippen LogP) is 3.80. The average molecular weight is 540 g/mol. The molecule has 1 amide bonds. The van der Waals surface area contributed by atoms with E-state index in [0.717, 1.165) is 30.0 Å². The monoisotopic (exact) mass is 540 g/mol. The van der Waals surface area contributed by atoms with E-state index in [4.69, 9.17) is 9.47 Å². The highest BCUT2D eigenvalue weighted by atomic mass is 127. The van der Waals surface area contributed by atoms with Crippen molar-refractivity contribution in [3.63, 3.8) is 0 Å². The van der Waals surface area contributed by atoms with Gasteiger partial charge in [-0.1, -0.05) is 36.4 Å². The Morgan fingerprint density at radius 3 is 2.58 bits per heavy atom. The lowest BCUT2D eigenvalue weighted by Gasteiger charge is -2.13. The normalized spacial score (nSPS) is 10.7. The molecule has 2 rings (SSSR count). The summed E-state index contributed by atoms with van der Waals surface area (Å²) in [6.45, 7) is 4.91. The maximum Gasteiger partial charge on any atom is 0.222 e. The van der Waals surface area contributed by atoms with Crippen LogP contribution in [0.3, 0.4) is 0 Å². The van der Waals surface area contributed by atoms with Gasteiger partial charge in [-0.25, -0.2) is 0 Å². The Hall–Kier alpha value is -2.33. The summed E-state index contributed by atoms with van der Waals surface area (Å²) in [5.74, 6) is 1.39. The molecule has 0 fully saturated rings. The molecule has 0 bridgehead atoms. The second-order valence-corrected chi connectivity index (χ2v) is 6.62. The van der Waals surface area contributed by atoms with Gasteiger partial charge in [-0.15, -0.1) is 24.0 Å². The van der Waals surface area contributed by atoms with Crippen molar-refractivity contribution in [2.24, 2.45) is 4.99 Å². The number of amides is 1. The van der Waals surface area contributed by atoms with Gasteiger partial charge in [0.1, 0.15) is 5.75 Å². The van der Waals surface area contributed by atoms with Crippen LogP contribution < -0.4 is 20.7 Å². The first-order chi connectivity index (χ1) is 14.7. The lowest BCUT2D eigenvalue weighted by atomic mass is 10.2. The van der Waals surface area contributed by atoms with Gasteiger partial charge in [0.05, 0.1) is 13.2 Å². The Kier molecular flexibility index (Phi) is 14.1. The summed E-state index contributed by atoms with van der Waals surface area (Å²) in [6, 6.07) is 17.6. The molecule has 0 aliphatic heterocycles. The van der Waals surface area contributed by atoms with Gasteiger partial charge in [-0.3, -0.25) is 9.79 Å². The number of nitrogens with zero attached hydrogens (tertiary/aromatic N) is 1. The topological polar surface area (TPSA) is 84.0 Å². The molecule has 0 aliphatic carbocycles. The summed E-state index contributed by atoms with van der Waals surface area (Å²) in [6.07, 6.45) is 1.16. The number of carbonyl (C=O) groups excluding carboxylic acids is 1. The van der Waals surface area contributed by atoms with E-state index < -0.39 is 0 Å². The Morgan fingerprint density at radius 2 is 1.84 bits per heavy atom. The van der Waals surface area contributed by atoms with E-state index in [9.17, 15) is 4.79 Å². The second kappa shape index (κ2) is 16.4. The number of hydrogen-bond donors (Lipinski definition) is 3. The third-order valence-electron chi connectivity index (χ3n) is 4.14. The third-order valence-corrected chi connectivity index (χ3v) is 4.14. The molecule has 0 aromatic heterocycles. The molecule has 0 saturated carbocycles. The minimum atomic E-state index is -0.0232. The fraction of sp³-hybridized carbons (Fsp3) is 0.391. The quantitative estimate of drug-likeness (QED) is 0.165. The molecule has 0 aliphatic rings. The molecule has 0 unspecified atom stereocenters. The summed E-state index contributed by atoms with van der Waals surface area (Å²) in [7, 11) is 1.68. The minimum absolute atomic E-state index is 0. The highest BCUT2D eigenvalue weighted by molar-refractivity contribution is 14.0. The summed E-state index contributed by atoms with van der Waals surface area (Å²) >= 11 is 0. The fourth-order valence-electron chi connectivity index (χ4n) is 2.65. The maximum absolute atomic E-state index is 12.1. The zero-order valence-corrected chi connectivity index (χ0v) is 20.6. The molecule has 0 radical (unpaired) electrons. The van der Waals surface area contributed by atoms with Gasteiger partial charge in [-0.05, 0) is 24.6 Å². The van der Waals surface area contributed by atoms with Crippen molar-refractivity contribution in [2.45, 2.75) is 26.3 Å². The van der Waals surface area contributed by atoms with Crippen LogP contribution in [0.5, 0.6) is 5.75 Å². The first-order valence-corrected chi connectivity index (χ1v) is 10.3. The van der Waals surface area contributed by atoms with Crippen LogP contribution in [0.25, 0.3) is 0 Å². The summed E-state index contributed by atoms with van der Waals surface area (Å²) in [5, 5.41) is 9.36. The number of ether oxygens (including phenoxy) is 2. The smallest absolute Gasteiger partial charge is 0.222 e. The molecule has 0 atom stereocenters. The van der Waals surface area contributed by atoms with Crippen LogP contribution in [-0.4, -0.2) is 45.3 Å². The molecule has 170 valence electrons. The van der Waals surface area contributed by atoms with Gasteiger partial charge in [-0.2, -0.15) is 0 Å². The van der Waals surface area contributed by atoms with Gasteiger partial charge < -0.3 is 25.4 Å². The van der Waals surface area contributed by atoms with Crippen molar-refractivity contribution >= 4 is 41.5 Å². The molecule has 0 heterocycles. The third kappa shape index (κ3) is 11.6. The standard InChI is InChI=1S/C23H32N4O3.HI/c1-3-24-23(25-14-13-22(28)26-18-19-9-5-4-6-10-19)27-20-11-7-12-21(17-20)30-16-8-15-29-2;/h4-7,9-12,17H,3,8,13-16,18H2,1-2H3,(H,26,28)(H2,24,25,27);1H. The van der Waals surface area contributed by atoms with Gasteiger partial charge in [0, 0.05) is 51.4 Å². The van der Waals surface area contributed by atoms with Gasteiger partial charge in [0.15, 0.2) is 5.96 Å². The first-order valence-electron chi connectivity index (χ1n) is 10.3. The van der Waals surface area contributed by atoms with Gasteiger partial charge >= 0.3 is 0 Å². The summed E-state index contributed by atoms with van der Waals surface area (Å²) in [5.41, 5.74) is 1.95. The Labute approximate surface area is 202 Å². The van der Waals surface area contributed by atoms with Crippen LogP contribution in [0, 0.1) is 0 Å². The van der Waals surface area contributed by atoms with E-state index in [-0.39, 0.29) is 29.9 Å². The van der Waals surface area contributed by atoms with E-state index in [1.807, 2.05) is 61.5 Å². The van der Waals surface area contributed by atoms with Crippen LogP contribution in [0.15, 0.2) is 59.6 Å². The van der Waals surface area contributed by atoms with Crippen molar-refractivity contribution in [3.8, 4) is 5.75 Å². The molecular weight excluding hydrogens is 507 g/mol. The second-order valence-electron chi connectivity index (χ2n) is 6.62. The highest BCUT2D eigenvalue weighted by Gasteiger charge is 2.04. The molecule has 8 heteroatoms. The lowest BCUT2D eigenvalue weighted by Crippen LogP contribution is -2.31. The molecule has 2 aromatic carbocycles. The van der Waals surface area contributed by atoms with Crippen LogP contribution in [0.1, 0.15) is 25.3 Å². The van der Waals surface area contributed by atoms with Crippen LogP contribution in [-0.2, 0) is 16.1 Å².